The van der Waals surface area contributed by atoms with Crippen molar-refractivity contribution in [3.63, 3.8) is 0 Å². The zero-order chi connectivity index (χ0) is 14.1. The zero-order valence-corrected chi connectivity index (χ0v) is 13.0. The summed E-state index contributed by atoms with van der Waals surface area (Å²) in [5.74, 6) is 2.97. The van der Waals surface area contributed by atoms with Crippen LogP contribution in [0.1, 0.15) is 32.6 Å². The third kappa shape index (κ3) is 2.86. The summed E-state index contributed by atoms with van der Waals surface area (Å²) in [6.07, 6.45) is 5.64. The van der Waals surface area contributed by atoms with Gasteiger partial charge in [0.2, 0.25) is 5.91 Å². The molecule has 114 valence electrons. The lowest BCUT2D eigenvalue weighted by Crippen LogP contribution is -2.53. The molecule has 4 atom stereocenters. The lowest BCUT2D eigenvalue weighted by Gasteiger charge is -2.35. The topological polar surface area (TPSA) is 35.6 Å². The molecule has 1 heterocycles. The van der Waals surface area contributed by atoms with Gasteiger partial charge < -0.3 is 10.2 Å². The summed E-state index contributed by atoms with van der Waals surface area (Å²) >= 11 is 0. The van der Waals surface area contributed by atoms with Crippen molar-refractivity contribution in [3.05, 3.63) is 0 Å². The maximum atomic E-state index is 12.6. The second kappa shape index (κ2) is 6.02. The molecule has 3 aliphatic rings. The van der Waals surface area contributed by atoms with Gasteiger partial charge in [-0.3, -0.25) is 9.69 Å². The summed E-state index contributed by atoms with van der Waals surface area (Å²) < 4.78 is 0. The molecule has 0 aromatic heterocycles. The van der Waals surface area contributed by atoms with Gasteiger partial charge in [-0.05, 0) is 43.9 Å². The Hall–Kier alpha value is -0.610. The van der Waals surface area contributed by atoms with Gasteiger partial charge in [0.1, 0.15) is 0 Å². The molecular formula is C16H29N3O. The fraction of sp³-hybridized carbons (Fsp3) is 0.938. The third-order valence-electron chi connectivity index (χ3n) is 5.83. The van der Waals surface area contributed by atoms with Crippen LogP contribution in [0.25, 0.3) is 0 Å². The number of hydrogen-bond acceptors (Lipinski definition) is 3. The molecule has 1 aliphatic heterocycles. The van der Waals surface area contributed by atoms with Crippen LogP contribution in [0.3, 0.4) is 0 Å². The SMILES string of the molecule is CC(C(=O)N(C)CC1CC2CCC1C2)N1CCNCC1. The number of fused-ring (bicyclic) bond motifs is 2. The minimum absolute atomic E-state index is 0.0423. The summed E-state index contributed by atoms with van der Waals surface area (Å²) in [7, 11) is 2.01. The quantitative estimate of drug-likeness (QED) is 0.839. The van der Waals surface area contributed by atoms with E-state index in [1.807, 2.05) is 11.9 Å². The zero-order valence-electron chi connectivity index (χ0n) is 13.0. The molecule has 2 bridgehead atoms. The monoisotopic (exact) mass is 279 g/mol. The van der Waals surface area contributed by atoms with Crippen LogP contribution in [0.4, 0.5) is 0 Å². The minimum Gasteiger partial charge on any atom is -0.344 e. The molecule has 3 rings (SSSR count). The number of rotatable bonds is 4. The molecule has 0 aromatic carbocycles. The molecule has 1 N–H and O–H groups in total. The van der Waals surface area contributed by atoms with Crippen molar-refractivity contribution in [2.24, 2.45) is 17.8 Å². The van der Waals surface area contributed by atoms with E-state index >= 15 is 0 Å². The van der Waals surface area contributed by atoms with Crippen molar-refractivity contribution in [2.75, 3.05) is 39.8 Å². The molecule has 4 nitrogen and oxygen atoms in total. The molecule has 1 saturated heterocycles. The predicted molar refractivity (Wildman–Crippen MR) is 80.5 cm³/mol. The van der Waals surface area contributed by atoms with Crippen LogP contribution in [0.5, 0.6) is 0 Å². The lowest BCUT2D eigenvalue weighted by molar-refractivity contribution is -0.136. The Labute approximate surface area is 122 Å². The van der Waals surface area contributed by atoms with Gasteiger partial charge in [0, 0.05) is 39.8 Å². The van der Waals surface area contributed by atoms with Gasteiger partial charge in [-0.1, -0.05) is 6.42 Å². The molecule has 0 radical (unpaired) electrons. The van der Waals surface area contributed by atoms with E-state index in [0.29, 0.717) is 5.91 Å². The van der Waals surface area contributed by atoms with E-state index in [4.69, 9.17) is 0 Å². The highest BCUT2D eigenvalue weighted by molar-refractivity contribution is 5.81. The smallest absolute Gasteiger partial charge is 0.239 e. The van der Waals surface area contributed by atoms with Crippen molar-refractivity contribution < 1.29 is 4.79 Å². The van der Waals surface area contributed by atoms with Gasteiger partial charge >= 0.3 is 0 Å². The van der Waals surface area contributed by atoms with Crippen molar-refractivity contribution in [1.29, 1.82) is 0 Å². The first-order valence-corrected chi connectivity index (χ1v) is 8.35. The Morgan fingerprint density at radius 3 is 2.65 bits per heavy atom. The van der Waals surface area contributed by atoms with Crippen LogP contribution in [0.2, 0.25) is 0 Å². The highest BCUT2D eigenvalue weighted by Crippen LogP contribution is 2.48. The maximum Gasteiger partial charge on any atom is 0.239 e. The fourth-order valence-electron chi connectivity index (χ4n) is 4.59. The number of likely N-dealkylation sites (N-methyl/N-ethyl adjacent to an activating group) is 1. The van der Waals surface area contributed by atoms with E-state index in [1.54, 1.807) is 0 Å². The molecule has 4 unspecified atom stereocenters. The number of carbonyl (C=O) groups is 1. The first kappa shape index (κ1) is 14.3. The lowest BCUT2D eigenvalue weighted by atomic mass is 9.88. The summed E-state index contributed by atoms with van der Waals surface area (Å²) in [6, 6.07) is 0.0423. The van der Waals surface area contributed by atoms with Crippen molar-refractivity contribution in [3.8, 4) is 0 Å². The van der Waals surface area contributed by atoms with Crippen LogP contribution in [0, 0.1) is 17.8 Å². The van der Waals surface area contributed by atoms with Gasteiger partial charge in [0.15, 0.2) is 0 Å². The average molecular weight is 279 g/mol. The number of amides is 1. The average Bonchev–Trinajstić information content (AvgIpc) is 3.09. The van der Waals surface area contributed by atoms with E-state index in [0.717, 1.165) is 50.5 Å². The normalized spacial score (nSPS) is 35.2. The Morgan fingerprint density at radius 2 is 2.05 bits per heavy atom. The van der Waals surface area contributed by atoms with Crippen LogP contribution < -0.4 is 5.32 Å². The molecule has 3 fully saturated rings. The van der Waals surface area contributed by atoms with E-state index < -0.39 is 0 Å². The Bertz CT molecular complexity index is 354. The fourth-order valence-corrected chi connectivity index (χ4v) is 4.59. The summed E-state index contributed by atoms with van der Waals surface area (Å²) in [5.41, 5.74) is 0. The van der Waals surface area contributed by atoms with Gasteiger partial charge in [0.25, 0.3) is 0 Å². The standard InChI is InChI=1S/C16H29N3O/c1-12(19-7-5-17-6-8-19)16(20)18(2)11-15-10-13-3-4-14(15)9-13/h12-15,17H,3-11H2,1-2H3. The van der Waals surface area contributed by atoms with Crippen molar-refractivity contribution >= 4 is 5.91 Å². The molecule has 0 spiro atoms. The van der Waals surface area contributed by atoms with E-state index in [2.05, 4.69) is 17.1 Å². The second-order valence-corrected chi connectivity index (χ2v) is 7.12. The summed E-state index contributed by atoms with van der Waals surface area (Å²) in [4.78, 5) is 16.9. The number of nitrogens with zero attached hydrogens (tertiary/aromatic N) is 2. The van der Waals surface area contributed by atoms with Crippen LogP contribution in [0.15, 0.2) is 0 Å². The largest absolute Gasteiger partial charge is 0.344 e. The summed E-state index contributed by atoms with van der Waals surface area (Å²) in [5, 5.41) is 3.35. The molecule has 20 heavy (non-hydrogen) atoms. The minimum atomic E-state index is 0.0423. The van der Waals surface area contributed by atoms with Crippen molar-refractivity contribution in [1.82, 2.24) is 15.1 Å². The Morgan fingerprint density at radius 1 is 1.30 bits per heavy atom. The van der Waals surface area contributed by atoms with Crippen LogP contribution in [-0.4, -0.2) is 61.5 Å². The molecular weight excluding hydrogens is 250 g/mol. The van der Waals surface area contributed by atoms with Gasteiger partial charge in [-0.2, -0.15) is 0 Å². The molecule has 1 amide bonds. The molecule has 2 aliphatic carbocycles. The van der Waals surface area contributed by atoms with Crippen LogP contribution >= 0.6 is 0 Å². The van der Waals surface area contributed by atoms with Gasteiger partial charge in [-0.15, -0.1) is 0 Å². The van der Waals surface area contributed by atoms with E-state index in [9.17, 15) is 4.79 Å². The Kier molecular flexibility index (Phi) is 4.32. The van der Waals surface area contributed by atoms with E-state index in [1.165, 1.54) is 25.7 Å². The summed E-state index contributed by atoms with van der Waals surface area (Å²) in [6.45, 7) is 7.06. The Balaban J connectivity index is 1.50. The predicted octanol–water partition coefficient (Wildman–Crippen LogP) is 1.17. The highest BCUT2D eigenvalue weighted by atomic mass is 16.2. The number of piperazine rings is 1. The van der Waals surface area contributed by atoms with Gasteiger partial charge in [0.05, 0.1) is 6.04 Å². The highest BCUT2D eigenvalue weighted by Gasteiger charge is 2.40. The van der Waals surface area contributed by atoms with E-state index in [-0.39, 0.29) is 6.04 Å². The van der Waals surface area contributed by atoms with Crippen molar-refractivity contribution in [2.45, 2.75) is 38.6 Å². The second-order valence-electron chi connectivity index (χ2n) is 7.12. The van der Waals surface area contributed by atoms with Gasteiger partial charge in [-0.25, -0.2) is 0 Å². The first-order chi connectivity index (χ1) is 9.65. The molecule has 2 saturated carbocycles. The number of hydrogen-bond donors (Lipinski definition) is 1. The number of nitrogens with one attached hydrogen (secondary N) is 1. The van der Waals surface area contributed by atoms with Crippen LogP contribution in [-0.2, 0) is 4.79 Å². The molecule has 4 heteroatoms. The number of carbonyl (C=O) groups excluding carboxylic acids is 1. The molecule has 0 aromatic rings. The third-order valence-corrected chi connectivity index (χ3v) is 5.83. The first-order valence-electron chi connectivity index (χ1n) is 8.35. The maximum absolute atomic E-state index is 12.6.